The Hall–Kier alpha value is -2.05. The van der Waals surface area contributed by atoms with Crippen LogP contribution in [-0.2, 0) is 14.3 Å². The lowest BCUT2D eigenvalue weighted by molar-refractivity contribution is -0.204. The molecular formula is C22H36N2O5. The summed E-state index contributed by atoms with van der Waals surface area (Å²) < 4.78 is 11.3. The summed E-state index contributed by atoms with van der Waals surface area (Å²) in [6.07, 6.45) is -1.45. The van der Waals surface area contributed by atoms with Crippen LogP contribution in [0.2, 0.25) is 0 Å². The predicted octanol–water partition coefficient (Wildman–Crippen LogP) is 4.85. The Kier molecular flexibility index (Phi) is 4.98. The quantitative estimate of drug-likeness (QED) is 0.536. The molecule has 0 radical (unpaired) electrons. The van der Waals surface area contributed by atoms with Crippen molar-refractivity contribution in [2.45, 2.75) is 105 Å². The summed E-state index contributed by atoms with van der Waals surface area (Å²) in [5.41, 5.74) is -3.34. The van der Waals surface area contributed by atoms with Gasteiger partial charge in [0, 0.05) is 0 Å². The smallest absolute Gasteiger partial charge is 0.430 e. The second-order valence-corrected chi connectivity index (χ2v) is 10.9. The molecule has 2 aliphatic heterocycles. The van der Waals surface area contributed by atoms with E-state index in [0.29, 0.717) is 0 Å². The minimum Gasteiger partial charge on any atom is -0.442 e. The van der Waals surface area contributed by atoms with E-state index < -0.39 is 39.9 Å². The molecule has 0 aromatic rings. The number of ketones is 1. The fourth-order valence-corrected chi connectivity index (χ4v) is 4.42. The van der Waals surface area contributed by atoms with Gasteiger partial charge in [-0.15, -0.1) is 0 Å². The topological polar surface area (TPSA) is 76.2 Å². The summed E-state index contributed by atoms with van der Waals surface area (Å²) >= 11 is 0. The molecule has 164 valence electrons. The number of ether oxygens (including phenoxy) is 2. The van der Waals surface area contributed by atoms with Crippen LogP contribution in [-0.4, -0.2) is 50.3 Å². The summed E-state index contributed by atoms with van der Waals surface area (Å²) in [5.74, 6) is -0.138. The Labute approximate surface area is 174 Å². The number of rotatable bonds is 0. The number of carbonyl (C=O) groups is 3. The van der Waals surface area contributed by atoms with Gasteiger partial charge >= 0.3 is 12.2 Å². The van der Waals surface area contributed by atoms with Gasteiger partial charge < -0.3 is 9.47 Å². The van der Waals surface area contributed by atoms with Crippen LogP contribution in [0.5, 0.6) is 0 Å². The second kappa shape index (κ2) is 6.22. The monoisotopic (exact) mass is 408 g/mol. The average molecular weight is 409 g/mol. The molecule has 0 aromatic carbocycles. The van der Waals surface area contributed by atoms with Crippen LogP contribution in [0.25, 0.3) is 0 Å². The molecule has 2 heterocycles. The number of hydrogen-bond donors (Lipinski definition) is 0. The van der Waals surface area contributed by atoms with E-state index in [9.17, 15) is 14.4 Å². The normalized spacial score (nSPS) is 29.3. The van der Waals surface area contributed by atoms with Crippen molar-refractivity contribution in [2.24, 2.45) is 5.41 Å². The van der Waals surface area contributed by atoms with Crippen LogP contribution < -0.4 is 0 Å². The minimum atomic E-state index is -1.36. The zero-order valence-electron chi connectivity index (χ0n) is 19.9. The molecule has 7 heteroatoms. The van der Waals surface area contributed by atoms with E-state index in [-0.39, 0.29) is 5.78 Å². The van der Waals surface area contributed by atoms with Crippen molar-refractivity contribution in [3.8, 4) is 0 Å². The van der Waals surface area contributed by atoms with Crippen molar-refractivity contribution in [1.82, 2.24) is 10.0 Å². The Morgan fingerprint density at radius 1 is 0.759 bits per heavy atom. The number of amides is 2. The van der Waals surface area contributed by atoms with E-state index in [1.807, 2.05) is 34.6 Å². The largest absolute Gasteiger partial charge is 0.442 e. The molecule has 2 amide bonds. The molecule has 0 N–H and O–H groups in total. The summed E-state index contributed by atoms with van der Waals surface area (Å²) in [7, 11) is 0. The summed E-state index contributed by atoms with van der Waals surface area (Å²) in [4.78, 5) is 40.4. The number of hydrogen-bond acceptors (Lipinski definition) is 5. The average Bonchev–Trinajstić information content (AvgIpc) is 2.50. The number of hydrazine groups is 1. The van der Waals surface area contributed by atoms with E-state index in [1.54, 1.807) is 48.5 Å². The van der Waals surface area contributed by atoms with Gasteiger partial charge in [0.2, 0.25) is 0 Å². The van der Waals surface area contributed by atoms with Crippen LogP contribution in [0.1, 0.15) is 83.1 Å². The Balaban J connectivity index is 2.81. The van der Waals surface area contributed by atoms with Crippen molar-refractivity contribution in [3.05, 3.63) is 11.1 Å². The highest BCUT2D eigenvalue weighted by Crippen LogP contribution is 2.58. The standard InChI is InChI=1S/C22H36N2O5/c1-13-14(2)22(12)20(9,10)15(25)21(13,11)23(16(26)28-18(3,4)5)24(22)17(27)29-19(6,7)8/h1-12H3. The van der Waals surface area contributed by atoms with Crippen LogP contribution in [0, 0.1) is 5.41 Å². The second-order valence-electron chi connectivity index (χ2n) is 10.9. The lowest BCUT2D eigenvalue weighted by Crippen LogP contribution is -2.84. The third-order valence-corrected chi connectivity index (χ3v) is 6.43. The third kappa shape index (κ3) is 3.13. The van der Waals surface area contributed by atoms with Crippen LogP contribution in [0.4, 0.5) is 9.59 Å². The molecule has 2 bridgehead atoms. The van der Waals surface area contributed by atoms with Gasteiger partial charge in [-0.05, 0) is 80.4 Å². The highest BCUT2D eigenvalue weighted by atomic mass is 16.6. The highest BCUT2D eigenvalue weighted by Gasteiger charge is 2.73. The van der Waals surface area contributed by atoms with Gasteiger partial charge in [0.1, 0.15) is 16.7 Å². The highest BCUT2D eigenvalue weighted by molar-refractivity contribution is 6.04. The molecular weight excluding hydrogens is 372 g/mol. The number of nitrogens with zero attached hydrogens (tertiary/aromatic N) is 2. The van der Waals surface area contributed by atoms with Gasteiger partial charge in [0.15, 0.2) is 5.78 Å². The maximum absolute atomic E-state index is 13.7. The molecule has 29 heavy (non-hydrogen) atoms. The third-order valence-electron chi connectivity index (χ3n) is 6.43. The summed E-state index contributed by atoms with van der Waals surface area (Å²) in [6.45, 7) is 21.4. The van der Waals surface area contributed by atoms with Gasteiger partial charge in [0.25, 0.3) is 0 Å². The Morgan fingerprint density at radius 2 is 1.14 bits per heavy atom. The number of Topliss-reactive ketones (excluding diaryl/α,β-unsaturated/α-hetero) is 1. The number of carbonyl (C=O) groups excluding carboxylic acids is 3. The maximum atomic E-state index is 13.7. The molecule has 0 saturated carbocycles. The van der Waals surface area contributed by atoms with Crippen molar-refractivity contribution < 1.29 is 23.9 Å². The minimum absolute atomic E-state index is 0.138. The van der Waals surface area contributed by atoms with Gasteiger partial charge in [-0.3, -0.25) is 4.79 Å². The predicted molar refractivity (Wildman–Crippen MR) is 110 cm³/mol. The van der Waals surface area contributed by atoms with E-state index in [1.165, 1.54) is 10.0 Å². The van der Waals surface area contributed by atoms with Crippen LogP contribution in [0.3, 0.4) is 0 Å². The van der Waals surface area contributed by atoms with Crippen LogP contribution >= 0.6 is 0 Å². The van der Waals surface area contributed by atoms with Crippen molar-refractivity contribution in [2.75, 3.05) is 0 Å². The maximum Gasteiger partial charge on any atom is 0.430 e. The van der Waals surface area contributed by atoms with E-state index in [4.69, 9.17) is 9.47 Å². The molecule has 1 aliphatic carbocycles. The first-order valence-electron chi connectivity index (χ1n) is 10.0. The number of fused-ring (bicyclic) bond motifs is 2. The van der Waals surface area contributed by atoms with Gasteiger partial charge in [-0.2, -0.15) is 5.01 Å². The lowest BCUT2D eigenvalue weighted by atomic mass is 9.53. The van der Waals surface area contributed by atoms with E-state index in [2.05, 4.69) is 0 Å². The fourth-order valence-electron chi connectivity index (χ4n) is 4.42. The first-order valence-corrected chi connectivity index (χ1v) is 10.0. The van der Waals surface area contributed by atoms with Gasteiger partial charge in [0.05, 0.1) is 11.0 Å². The molecule has 3 rings (SSSR count). The van der Waals surface area contributed by atoms with Crippen molar-refractivity contribution in [1.29, 1.82) is 0 Å². The van der Waals surface area contributed by atoms with E-state index in [0.717, 1.165) is 11.1 Å². The molecule has 0 spiro atoms. The zero-order chi connectivity index (χ0) is 23.0. The first kappa shape index (κ1) is 23.2. The molecule has 3 aliphatic rings. The molecule has 2 atom stereocenters. The SMILES string of the molecule is CC1=C(C)C2(C)N(C(=O)OC(C)(C)C)N(C(=O)OC(C)(C)C)C1(C)C(=O)C2(C)C. The molecule has 0 aromatic heterocycles. The zero-order valence-corrected chi connectivity index (χ0v) is 19.9. The van der Waals surface area contributed by atoms with Gasteiger partial charge in [-0.1, -0.05) is 13.8 Å². The van der Waals surface area contributed by atoms with Gasteiger partial charge in [-0.25, -0.2) is 14.6 Å². The first-order chi connectivity index (χ1) is 12.7. The van der Waals surface area contributed by atoms with E-state index >= 15 is 0 Å². The molecule has 1 saturated heterocycles. The molecule has 2 unspecified atom stereocenters. The Bertz CT molecular complexity index is 799. The molecule has 7 nitrogen and oxygen atoms in total. The van der Waals surface area contributed by atoms with Crippen LogP contribution in [0.15, 0.2) is 11.1 Å². The van der Waals surface area contributed by atoms with Crippen molar-refractivity contribution in [3.63, 3.8) is 0 Å². The summed E-state index contributed by atoms with van der Waals surface area (Å²) in [6, 6.07) is 0. The lowest BCUT2D eigenvalue weighted by Gasteiger charge is -2.67. The Morgan fingerprint density at radius 3 is 1.52 bits per heavy atom. The summed E-state index contributed by atoms with van der Waals surface area (Å²) in [5, 5.41) is 2.47. The molecule has 1 fully saturated rings. The fraction of sp³-hybridized carbons (Fsp3) is 0.773. The van der Waals surface area contributed by atoms with Crippen molar-refractivity contribution >= 4 is 18.0 Å².